The van der Waals surface area contributed by atoms with Crippen molar-refractivity contribution in [2.75, 3.05) is 5.73 Å². The third-order valence-electron chi connectivity index (χ3n) is 2.54. The molecule has 3 rings (SSSR count). The number of aromatic nitrogens is 3. The summed E-state index contributed by atoms with van der Waals surface area (Å²) >= 11 is 0. The fourth-order valence-corrected chi connectivity index (χ4v) is 1.76. The maximum Gasteiger partial charge on any atom is 0.230 e. The van der Waals surface area contributed by atoms with Gasteiger partial charge >= 0.3 is 0 Å². The third-order valence-corrected chi connectivity index (χ3v) is 2.54. The molecule has 0 aliphatic heterocycles. The molecule has 0 aliphatic carbocycles. The van der Waals surface area contributed by atoms with Crippen molar-refractivity contribution < 1.29 is 4.52 Å². The van der Waals surface area contributed by atoms with Crippen LogP contribution in [0.2, 0.25) is 0 Å². The number of rotatable bonds is 2. The minimum absolute atomic E-state index is 0.310. The SMILES string of the molecule is Nc1oncc1-c1ccccc1-n1cccn1. The van der Waals surface area contributed by atoms with Crippen LogP contribution in [0.1, 0.15) is 0 Å². The van der Waals surface area contributed by atoms with Crippen molar-refractivity contribution in [3.8, 4) is 16.8 Å². The quantitative estimate of drug-likeness (QED) is 0.726. The Bertz CT molecular complexity index is 628. The first-order chi connectivity index (χ1) is 8.36. The number of para-hydroxylation sites is 1. The fourth-order valence-electron chi connectivity index (χ4n) is 1.76. The molecule has 0 radical (unpaired) electrons. The molecule has 84 valence electrons. The highest BCUT2D eigenvalue weighted by Gasteiger charge is 2.12. The molecule has 0 amide bonds. The maximum absolute atomic E-state index is 5.74. The summed E-state index contributed by atoms with van der Waals surface area (Å²) in [7, 11) is 0. The molecule has 0 aliphatic rings. The average Bonchev–Trinajstić information content (AvgIpc) is 3.00. The normalized spacial score (nSPS) is 10.6. The van der Waals surface area contributed by atoms with Crippen LogP contribution >= 0.6 is 0 Å². The van der Waals surface area contributed by atoms with Gasteiger partial charge in [0.15, 0.2) is 0 Å². The van der Waals surface area contributed by atoms with E-state index in [4.69, 9.17) is 10.3 Å². The Morgan fingerprint density at radius 3 is 2.71 bits per heavy atom. The molecule has 2 N–H and O–H groups in total. The molecule has 3 aromatic rings. The smallest absolute Gasteiger partial charge is 0.230 e. The first kappa shape index (κ1) is 9.65. The van der Waals surface area contributed by atoms with Gasteiger partial charge in [-0.3, -0.25) is 0 Å². The Hall–Kier alpha value is -2.56. The van der Waals surface area contributed by atoms with Gasteiger partial charge < -0.3 is 10.3 Å². The molecule has 0 atom stereocenters. The Labute approximate surface area is 97.5 Å². The van der Waals surface area contributed by atoms with Crippen LogP contribution < -0.4 is 5.73 Å². The molecule has 0 saturated carbocycles. The van der Waals surface area contributed by atoms with Crippen LogP contribution in [0.15, 0.2) is 53.4 Å². The number of anilines is 1. The molecule has 2 aromatic heterocycles. The van der Waals surface area contributed by atoms with E-state index in [1.165, 1.54) is 0 Å². The van der Waals surface area contributed by atoms with Crippen molar-refractivity contribution in [3.63, 3.8) is 0 Å². The first-order valence-electron chi connectivity index (χ1n) is 5.16. The fraction of sp³-hybridized carbons (Fsp3) is 0. The summed E-state index contributed by atoms with van der Waals surface area (Å²) in [6.07, 6.45) is 5.22. The monoisotopic (exact) mass is 226 g/mol. The molecule has 0 unspecified atom stereocenters. The van der Waals surface area contributed by atoms with Crippen molar-refractivity contribution >= 4 is 5.88 Å². The Morgan fingerprint density at radius 2 is 2.00 bits per heavy atom. The molecular formula is C12H10N4O. The van der Waals surface area contributed by atoms with Gasteiger partial charge in [-0.1, -0.05) is 23.4 Å². The summed E-state index contributed by atoms with van der Waals surface area (Å²) in [5, 5.41) is 7.90. The van der Waals surface area contributed by atoms with Gasteiger partial charge in [-0.2, -0.15) is 5.10 Å². The van der Waals surface area contributed by atoms with Crippen molar-refractivity contribution in [1.82, 2.24) is 14.9 Å². The minimum Gasteiger partial charge on any atom is -0.367 e. The zero-order valence-electron chi connectivity index (χ0n) is 8.95. The lowest BCUT2D eigenvalue weighted by atomic mass is 10.1. The number of hydrogen-bond acceptors (Lipinski definition) is 4. The highest BCUT2D eigenvalue weighted by Crippen LogP contribution is 2.30. The number of nitrogens with zero attached hydrogens (tertiary/aromatic N) is 3. The highest BCUT2D eigenvalue weighted by molar-refractivity contribution is 5.78. The van der Waals surface area contributed by atoms with Crippen LogP contribution in [0.4, 0.5) is 5.88 Å². The number of nitrogen functional groups attached to an aromatic ring is 1. The second-order valence-corrected chi connectivity index (χ2v) is 3.57. The number of nitrogens with two attached hydrogens (primary N) is 1. The highest BCUT2D eigenvalue weighted by atomic mass is 16.5. The van der Waals surface area contributed by atoms with Crippen LogP contribution in [0.3, 0.4) is 0 Å². The molecule has 0 saturated heterocycles. The van der Waals surface area contributed by atoms with Gasteiger partial charge in [0.25, 0.3) is 0 Å². The van der Waals surface area contributed by atoms with E-state index in [0.717, 1.165) is 16.8 Å². The zero-order chi connectivity index (χ0) is 11.7. The standard InChI is InChI=1S/C12H10N4O/c13-12-10(8-15-17-12)9-4-1-2-5-11(9)16-7-3-6-14-16/h1-8H,13H2. The Balaban J connectivity index is 2.22. The average molecular weight is 226 g/mol. The van der Waals surface area contributed by atoms with Gasteiger partial charge in [0.05, 0.1) is 17.4 Å². The second-order valence-electron chi connectivity index (χ2n) is 3.57. The molecular weight excluding hydrogens is 216 g/mol. The van der Waals surface area contributed by atoms with Gasteiger partial charge in [-0.05, 0) is 12.1 Å². The molecule has 1 aromatic carbocycles. The van der Waals surface area contributed by atoms with E-state index in [2.05, 4.69) is 10.3 Å². The van der Waals surface area contributed by atoms with Crippen LogP contribution in [0, 0.1) is 0 Å². The van der Waals surface area contributed by atoms with Crippen molar-refractivity contribution in [2.24, 2.45) is 0 Å². The van der Waals surface area contributed by atoms with Crippen LogP contribution in [-0.4, -0.2) is 14.9 Å². The molecule has 0 spiro atoms. The summed E-state index contributed by atoms with van der Waals surface area (Å²) < 4.78 is 6.67. The summed E-state index contributed by atoms with van der Waals surface area (Å²) in [6.45, 7) is 0. The summed E-state index contributed by atoms with van der Waals surface area (Å²) in [4.78, 5) is 0. The maximum atomic E-state index is 5.74. The van der Waals surface area contributed by atoms with Crippen LogP contribution in [0.5, 0.6) is 0 Å². The topological polar surface area (TPSA) is 69.9 Å². The zero-order valence-corrected chi connectivity index (χ0v) is 8.95. The van der Waals surface area contributed by atoms with Crippen molar-refractivity contribution in [2.45, 2.75) is 0 Å². The van der Waals surface area contributed by atoms with Crippen molar-refractivity contribution in [1.29, 1.82) is 0 Å². The lowest BCUT2D eigenvalue weighted by molar-refractivity contribution is 0.436. The molecule has 5 heteroatoms. The molecule has 17 heavy (non-hydrogen) atoms. The van der Waals surface area contributed by atoms with E-state index in [9.17, 15) is 0 Å². The van der Waals surface area contributed by atoms with Gasteiger partial charge in [0, 0.05) is 18.0 Å². The summed E-state index contributed by atoms with van der Waals surface area (Å²) in [5.74, 6) is 0.310. The van der Waals surface area contributed by atoms with E-state index < -0.39 is 0 Å². The Morgan fingerprint density at radius 1 is 1.12 bits per heavy atom. The first-order valence-corrected chi connectivity index (χ1v) is 5.16. The van der Waals surface area contributed by atoms with E-state index in [0.29, 0.717) is 5.88 Å². The van der Waals surface area contributed by atoms with E-state index in [1.54, 1.807) is 17.1 Å². The third kappa shape index (κ3) is 1.57. The van der Waals surface area contributed by atoms with Crippen molar-refractivity contribution in [3.05, 3.63) is 48.9 Å². The summed E-state index contributed by atoms with van der Waals surface area (Å²) in [5.41, 5.74) is 8.39. The van der Waals surface area contributed by atoms with Crippen LogP contribution in [0.25, 0.3) is 16.8 Å². The largest absolute Gasteiger partial charge is 0.367 e. The molecule has 5 nitrogen and oxygen atoms in total. The van der Waals surface area contributed by atoms with Gasteiger partial charge in [-0.25, -0.2) is 4.68 Å². The Kier molecular flexibility index (Phi) is 2.15. The lowest BCUT2D eigenvalue weighted by Crippen LogP contribution is -1.97. The van der Waals surface area contributed by atoms with E-state index in [-0.39, 0.29) is 0 Å². The van der Waals surface area contributed by atoms with Gasteiger partial charge in [0.1, 0.15) is 0 Å². The van der Waals surface area contributed by atoms with Gasteiger partial charge in [-0.15, -0.1) is 0 Å². The minimum atomic E-state index is 0.310. The van der Waals surface area contributed by atoms with E-state index in [1.807, 2.05) is 36.5 Å². The summed E-state index contributed by atoms with van der Waals surface area (Å²) in [6, 6.07) is 9.68. The van der Waals surface area contributed by atoms with E-state index >= 15 is 0 Å². The molecule has 2 heterocycles. The molecule has 0 fully saturated rings. The number of hydrogen-bond donors (Lipinski definition) is 1. The van der Waals surface area contributed by atoms with Gasteiger partial charge in [0.2, 0.25) is 5.88 Å². The second kappa shape index (κ2) is 3.79. The predicted molar refractivity (Wildman–Crippen MR) is 63.5 cm³/mol. The lowest BCUT2D eigenvalue weighted by Gasteiger charge is -2.07. The number of benzene rings is 1. The van der Waals surface area contributed by atoms with Crippen LogP contribution in [-0.2, 0) is 0 Å². The predicted octanol–water partition coefficient (Wildman–Crippen LogP) is 2.11. The molecule has 0 bridgehead atoms.